The van der Waals surface area contributed by atoms with E-state index in [1.54, 1.807) is 7.11 Å². The number of aryl methyl sites for hydroxylation is 2. The minimum atomic E-state index is 0.728. The van der Waals surface area contributed by atoms with Gasteiger partial charge in [0.15, 0.2) is 5.82 Å². The van der Waals surface area contributed by atoms with Gasteiger partial charge in [0, 0.05) is 17.7 Å². The lowest BCUT2D eigenvalue weighted by Crippen LogP contribution is -2.08. The summed E-state index contributed by atoms with van der Waals surface area (Å²) in [6.07, 6.45) is 1.69. The molecule has 0 aliphatic carbocycles. The fourth-order valence-corrected chi connectivity index (χ4v) is 3.35. The summed E-state index contributed by atoms with van der Waals surface area (Å²) >= 11 is 0. The van der Waals surface area contributed by atoms with Crippen molar-refractivity contribution in [3.05, 3.63) is 95.8 Å². The van der Waals surface area contributed by atoms with E-state index in [4.69, 9.17) is 10.5 Å². The minimum absolute atomic E-state index is 0.728. The molecule has 0 aliphatic rings. The standard InChI is InChI=1S/C24H24N4O/c1-29-22-14-7-18(8-15-22)9-16-23-26-27-24(20-10-12-21(25)13-11-20)28(23)17-19-5-3-2-4-6-19/h2-8,10-15H,9,16-17,25H2,1H3. The summed E-state index contributed by atoms with van der Waals surface area (Å²) < 4.78 is 7.44. The largest absolute Gasteiger partial charge is 0.497 e. The molecule has 0 saturated heterocycles. The second-order valence-corrected chi connectivity index (χ2v) is 6.98. The van der Waals surface area contributed by atoms with Crippen molar-refractivity contribution in [2.75, 3.05) is 12.8 Å². The maximum Gasteiger partial charge on any atom is 0.164 e. The maximum atomic E-state index is 5.85. The van der Waals surface area contributed by atoms with Crippen LogP contribution in [-0.2, 0) is 19.4 Å². The lowest BCUT2D eigenvalue weighted by atomic mass is 10.1. The molecule has 0 fully saturated rings. The number of rotatable bonds is 7. The number of hydrogen-bond donors (Lipinski definition) is 1. The zero-order valence-corrected chi connectivity index (χ0v) is 16.5. The SMILES string of the molecule is COc1ccc(CCc2nnc(-c3ccc(N)cc3)n2Cc2ccccc2)cc1. The van der Waals surface area contributed by atoms with Gasteiger partial charge in [0.2, 0.25) is 0 Å². The summed E-state index contributed by atoms with van der Waals surface area (Å²) in [6, 6.07) is 26.3. The molecule has 0 spiro atoms. The maximum absolute atomic E-state index is 5.85. The number of nitrogen functional groups attached to an aromatic ring is 1. The van der Waals surface area contributed by atoms with Crippen molar-refractivity contribution in [1.29, 1.82) is 0 Å². The number of benzene rings is 3. The molecular weight excluding hydrogens is 360 g/mol. The molecule has 1 aromatic heterocycles. The first-order valence-electron chi connectivity index (χ1n) is 9.68. The summed E-state index contributed by atoms with van der Waals surface area (Å²) in [5.74, 6) is 2.70. The second kappa shape index (κ2) is 8.61. The second-order valence-electron chi connectivity index (χ2n) is 6.98. The fraction of sp³-hybridized carbons (Fsp3) is 0.167. The molecule has 5 heteroatoms. The van der Waals surface area contributed by atoms with Gasteiger partial charge in [0.05, 0.1) is 13.7 Å². The van der Waals surface area contributed by atoms with Crippen molar-refractivity contribution in [2.24, 2.45) is 0 Å². The molecule has 4 aromatic rings. The molecule has 5 nitrogen and oxygen atoms in total. The third-order valence-electron chi connectivity index (χ3n) is 4.98. The molecule has 146 valence electrons. The van der Waals surface area contributed by atoms with E-state index in [1.165, 1.54) is 11.1 Å². The Labute approximate surface area is 170 Å². The molecule has 1 heterocycles. The summed E-state index contributed by atoms with van der Waals surface area (Å²) in [5, 5.41) is 9.02. The van der Waals surface area contributed by atoms with Crippen molar-refractivity contribution >= 4 is 5.69 Å². The first-order chi connectivity index (χ1) is 14.2. The Morgan fingerprint density at radius 3 is 2.21 bits per heavy atom. The van der Waals surface area contributed by atoms with Crippen LogP contribution >= 0.6 is 0 Å². The highest BCUT2D eigenvalue weighted by Crippen LogP contribution is 2.22. The van der Waals surface area contributed by atoms with Crippen molar-refractivity contribution in [3.8, 4) is 17.1 Å². The summed E-state index contributed by atoms with van der Waals surface area (Å²) in [6.45, 7) is 0.728. The molecule has 0 saturated carbocycles. The third kappa shape index (κ3) is 4.46. The fourth-order valence-electron chi connectivity index (χ4n) is 3.35. The monoisotopic (exact) mass is 384 g/mol. The van der Waals surface area contributed by atoms with Crippen molar-refractivity contribution in [2.45, 2.75) is 19.4 Å². The highest BCUT2D eigenvalue weighted by Gasteiger charge is 2.14. The van der Waals surface area contributed by atoms with Gasteiger partial charge < -0.3 is 15.0 Å². The van der Waals surface area contributed by atoms with Gasteiger partial charge >= 0.3 is 0 Å². The molecule has 0 aliphatic heterocycles. The first-order valence-corrected chi connectivity index (χ1v) is 9.68. The average Bonchev–Trinajstić information content (AvgIpc) is 3.16. The number of anilines is 1. The lowest BCUT2D eigenvalue weighted by molar-refractivity contribution is 0.414. The van der Waals surface area contributed by atoms with Crippen LogP contribution in [0.1, 0.15) is 17.0 Å². The number of aromatic nitrogens is 3. The Balaban J connectivity index is 1.62. The average molecular weight is 384 g/mol. The van der Waals surface area contributed by atoms with E-state index in [1.807, 2.05) is 42.5 Å². The van der Waals surface area contributed by atoms with Crippen molar-refractivity contribution in [1.82, 2.24) is 14.8 Å². The predicted octanol–water partition coefficient (Wildman–Crippen LogP) is 4.37. The van der Waals surface area contributed by atoms with Crippen LogP contribution < -0.4 is 10.5 Å². The van der Waals surface area contributed by atoms with Crippen LogP contribution in [0.25, 0.3) is 11.4 Å². The predicted molar refractivity (Wildman–Crippen MR) is 116 cm³/mol. The molecular formula is C24H24N4O. The van der Waals surface area contributed by atoms with Crippen LogP contribution in [0.15, 0.2) is 78.9 Å². The molecule has 29 heavy (non-hydrogen) atoms. The summed E-state index contributed by atoms with van der Waals surface area (Å²) in [4.78, 5) is 0. The number of methoxy groups -OCH3 is 1. The zero-order chi connectivity index (χ0) is 20.1. The van der Waals surface area contributed by atoms with Gasteiger partial charge in [-0.1, -0.05) is 42.5 Å². The summed E-state index contributed by atoms with van der Waals surface area (Å²) in [5.41, 5.74) is 10.1. The van der Waals surface area contributed by atoms with Crippen LogP contribution in [-0.4, -0.2) is 21.9 Å². The van der Waals surface area contributed by atoms with Crippen molar-refractivity contribution in [3.63, 3.8) is 0 Å². The Bertz CT molecular complexity index is 1050. The van der Waals surface area contributed by atoms with Crippen LogP contribution in [0.2, 0.25) is 0 Å². The van der Waals surface area contributed by atoms with E-state index in [0.717, 1.165) is 48.0 Å². The number of nitrogens with two attached hydrogens (primary N) is 1. The molecule has 4 rings (SSSR count). The zero-order valence-electron chi connectivity index (χ0n) is 16.5. The Hall–Kier alpha value is -3.60. The Morgan fingerprint density at radius 2 is 1.52 bits per heavy atom. The molecule has 2 N–H and O–H groups in total. The molecule has 3 aromatic carbocycles. The highest BCUT2D eigenvalue weighted by atomic mass is 16.5. The number of ether oxygens (including phenoxy) is 1. The van der Waals surface area contributed by atoms with E-state index in [9.17, 15) is 0 Å². The van der Waals surface area contributed by atoms with E-state index >= 15 is 0 Å². The van der Waals surface area contributed by atoms with Crippen LogP contribution in [0.3, 0.4) is 0 Å². The van der Waals surface area contributed by atoms with Crippen LogP contribution in [0.5, 0.6) is 5.75 Å². The van der Waals surface area contributed by atoms with Gasteiger partial charge in [-0.05, 0) is 53.9 Å². The molecule has 0 bridgehead atoms. The van der Waals surface area contributed by atoms with Gasteiger partial charge in [-0.2, -0.15) is 0 Å². The van der Waals surface area contributed by atoms with Crippen LogP contribution in [0, 0.1) is 0 Å². The van der Waals surface area contributed by atoms with E-state index in [-0.39, 0.29) is 0 Å². The molecule has 0 unspecified atom stereocenters. The number of hydrogen-bond acceptors (Lipinski definition) is 4. The molecule has 0 atom stereocenters. The van der Waals surface area contributed by atoms with Gasteiger partial charge in [-0.3, -0.25) is 0 Å². The lowest BCUT2D eigenvalue weighted by Gasteiger charge is -2.11. The smallest absolute Gasteiger partial charge is 0.164 e. The Morgan fingerprint density at radius 1 is 0.793 bits per heavy atom. The van der Waals surface area contributed by atoms with E-state index in [0.29, 0.717) is 0 Å². The minimum Gasteiger partial charge on any atom is -0.497 e. The van der Waals surface area contributed by atoms with E-state index in [2.05, 4.69) is 51.2 Å². The topological polar surface area (TPSA) is 66.0 Å². The van der Waals surface area contributed by atoms with E-state index < -0.39 is 0 Å². The quantitative estimate of drug-likeness (QED) is 0.481. The normalized spacial score (nSPS) is 10.8. The first kappa shape index (κ1) is 18.7. The van der Waals surface area contributed by atoms with Crippen molar-refractivity contribution < 1.29 is 4.74 Å². The van der Waals surface area contributed by atoms with Crippen LogP contribution in [0.4, 0.5) is 5.69 Å². The Kier molecular flexibility index (Phi) is 5.56. The van der Waals surface area contributed by atoms with Gasteiger partial charge in [0.25, 0.3) is 0 Å². The summed E-state index contributed by atoms with van der Waals surface area (Å²) in [7, 11) is 1.68. The van der Waals surface area contributed by atoms with Gasteiger partial charge in [-0.15, -0.1) is 10.2 Å². The van der Waals surface area contributed by atoms with Gasteiger partial charge in [-0.25, -0.2) is 0 Å². The third-order valence-corrected chi connectivity index (χ3v) is 4.98. The highest BCUT2D eigenvalue weighted by molar-refractivity contribution is 5.59. The molecule has 0 amide bonds. The molecule has 0 radical (unpaired) electrons. The number of nitrogens with zero attached hydrogens (tertiary/aromatic N) is 3. The van der Waals surface area contributed by atoms with Gasteiger partial charge in [0.1, 0.15) is 11.6 Å².